The second-order valence-electron chi connectivity index (χ2n) is 3.37. The third-order valence-corrected chi connectivity index (χ3v) is 3.65. The lowest BCUT2D eigenvalue weighted by Crippen LogP contribution is -2.23. The molecule has 1 atom stereocenters. The zero-order valence-corrected chi connectivity index (χ0v) is 9.51. The average molecular weight is 263 g/mol. The van der Waals surface area contributed by atoms with Gasteiger partial charge in [-0.15, -0.1) is 0 Å². The first kappa shape index (κ1) is 13.5. The highest BCUT2D eigenvalue weighted by Crippen LogP contribution is 2.31. The van der Waals surface area contributed by atoms with E-state index in [1.54, 1.807) is 0 Å². The Morgan fingerprint density at radius 3 is 2.41 bits per heavy atom. The second-order valence-corrected chi connectivity index (χ2v) is 5.31. The van der Waals surface area contributed by atoms with Crippen LogP contribution in [0.2, 0.25) is 0 Å². The lowest BCUT2D eigenvalue weighted by Gasteiger charge is -2.10. The molecule has 0 aromatic heterocycles. The molecular weight excluding hydrogens is 255 g/mol. The van der Waals surface area contributed by atoms with Gasteiger partial charge in [-0.3, -0.25) is 0 Å². The summed E-state index contributed by atoms with van der Waals surface area (Å²) in [5.41, 5.74) is -5.10. The molecule has 1 aromatic carbocycles. The highest BCUT2D eigenvalue weighted by molar-refractivity contribution is 7.92. The largest absolute Gasteiger partial charge is 0.501 e. The van der Waals surface area contributed by atoms with E-state index in [0.29, 0.717) is 0 Å². The molecule has 0 aliphatic heterocycles. The minimum atomic E-state index is -5.35. The van der Waals surface area contributed by atoms with Gasteiger partial charge in [0.25, 0.3) is 9.84 Å². The number of nitriles is 1. The summed E-state index contributed by atoms with van der Waals surface area (Å²) in [6.07, 6.45) is 0. The molecule has 1 unspecified atom stereocenters. The Morgan fingerprint density at radius 1 is 1.35 bits per heavy atom. The van der Waals surface area contributed by atoms with Crippen LogP contribution in [0.4, 0.5) is 13.2 Å². The van der Waals surface area contributed by atoms with Crippen molar-refractivity contribution in [1.29, 1.82) is 5.26 Å². The van der Waals surface area contributed by atoms with Crippen molar-refractivity contribution in [2.45, 2.75) is 23.2 Å². The highest BCUT2D eigenvalue weighted by atomic mass is 32.2. The monoisotopic (exact) mass is 263 g/mol. The standard InChI is InChI=1S/C10H8F3NO2S/c1-7(6-14)8-3-2-4-9(5-8)17(15,16)10(11,12)13/h2-5,7H,1H3. The molecule has 0 radical (unpaired) electrons. The third kappa shape index (κ3) is 2.58. The molecule has 0 saturated heterocycles. The van der Waals surface area contributed by atoms with Crippen LogP contribution < -0.4 is 0 Å². The molecule has 7 heteroatoms. The lowest BCUT2D eigenvalue weighted by atomic mass is 10.0. The van der Waals surface area contributed by atoms with E-state index in [4.69, 9.17) is 5.26 Å². The Hall–Kier alpha value is -1.55. The van der Waals surface area contributed by atoms with E-state index in [1.807, 2.05) is 6.07 Å². The highest BCUT2D eigenvalue weighted by Gasteiger charge is 2.46. The number of nitrogens with zero attached hydrogens (tertiary/aromatic N) is 1. The minimum absolute atomic E-state index is 0.234. The molecular formula is C10H8F3NO2S. The van der Waals surface area contributed by atoms with Crippen molar-refractivity contribution in [3.05, 3.63) is 29.8 Å². The summed E-state index contributed by atoms with van der Waals surface area (Å²) in [5, 5.41) is 8.62. The number of rotatable bonds is 2. The molecule has 0 aliphatic rings. The fourth-order valence-electron chi connectivity index (χ4n) is 1.16. The van der Waals surface area contributed by atoms with E-state index >= 15 is 0 Å². The van der Waals surface area contributed by atoms with Gasteiger partial charge in [0.15, 0.2) is 0 Å². The number of benzene rings is 1. The maximum absolute atomic E-state index is 12.3. The van der Waals surface area contributed by atoms with Crippen molar-refractivity contribution in [2.75, 3.05) is 0 Å². The summed E-state index contributed by atoms with van der Waals surface area (Å²) in [6.45, 7) is 1.47. The van der Waals surface area contributed by atoms with E-state index in [1.165, 1.54) is 19.1 Å². The van der Waals surface area contributed by atoms with E-state index in [0.717, 1.165) is 12.1 Å². The van der Waals surface area contributed by atoms with E-state index in [-0.39, 0.29) is 5.56 Å². The molecule has 3 nitrogen and oxygen atoms in total. The smallest absolute Gasteiger partial charge is 0.214 e. The van der Waals surface area contributed by atoms with Crippen molar-refractivity contribution in [1.82, 2.24) is 0 Å². The maximum atomic E-state index is 12.3. The molecule has 0 amide bonds. The number of hydrogen-bond donors (Lipinski definition) is 0. The molecule has 0 N–H and O–H groups in total. The van der Waals surface area contributed by atoms with Crippen molar-refractivity contribution >= 4 is 9.84 Å². The summed E-state index contributed by atoms with van der Waals surface area (Å²) in [5.74, 6) is -0.668. The molecule has 1 aromatic rings. The number of sulfone groups is 1. The molecule has 1 rings (SSSR count). The zero-order valence-electron chi connectivity index (χ0n) is 8.69. The average Bonchev–Trinajstić information content (AvgIpc) is 2.26. The first-order chi connectivity index (χ1) is 7.70. The van der Waals surface area contributed by atoms with Crippen LogP contribution in [-0.2, 0) is 9.84 Å². The van der Waals surface area contributed by atoms with Gasteiger partial charge < -0.3 is 0 Å². The van der Waals surface area contributed by atoms with Crippen LogP contribution in [0.1, 0.15) is 18.4 Å². The molecule has 0 saturated carbocycles. The van der Waals surface area contributed by atoms with E-state index < -0.39 is 26.2 Å². The van der Waals surface area contributed by atoms with Crippen LogP contribution in [0.5, 0.6) is 0 Å². The molecule has 0 heterocycles. The summed E-state index contributed by atoms with van der Waals surface area (Å²) in [4.78, 5) is -0.843. The molecule has 17 heavy (non-hydrogen) atoms. The van der Waals surface area contributed by atoms with Gasteiger partial charge in [-0.2, -0.15) is 18.4 Å². The third-order valence-electron chi connectivity index (χ3n) is 2.17. The zero-order chi connectivity index (χ0) is 13.3. The lowest BCUT2D eigenvalue weighted by molar-refractivity contribution is -0.0436. The Labute approximate surface area is 96.4 Å². The van der Waals surface area contributed by atoms with Gasteiger partial charge in [0, 0.05) is 0 Å². The fourth-order valence-corrected chi connectivity index (χ4v) is 1.98. The molecule has 0 spiro atoms. The van der Waals surface area contributed by atoms with Gasteiger partial charge in [-0.25, -0.2) is 8.42 Å². The number of halogens is 3. The molecule has 0 fully saturated rings. The predicted octanol–water partition coefficient (Wildman–Crippen LogP) is 2.61. The fraction of sp³-hybridized carbons (Fsp3) is 0.300. The SMILES string of the molecule is CC(C#N)c1cccc(S(=O)(=O)C(F)(F)F)c1. The molecule has 0 bridgehead atoms. The Bertz CT molecular complexity index is 558. The van der Waals surface area contributed by atoms with Crippen LogP contribution in [-0.4, -0.2) is 13.9 Å². The number of alkyl halides is 3. The van der Waals surface area contributed by atoms with Crippen molar-refractivity contribution in [3.8, 4) is 6.07 Å². The van der Waals surface area contributed by atoms with Crippen molar-refractivity contribution < 1.29 is 21.6 Å². The number of hydrogen-bond acceptors (Lipinski definition) is 3. The van der Waals surface area contributed by atoms with Gasteiger partial charge in [0.1, 0.15) is 0 Å². The topological polar surface area (TPSA) is 57.9 Å². The van der Waals surface area contributed by atoms with Crippen LogP contribution in [0.25, 0.3) is 0 Å². The van der Waals surface area contributed by atoms with Crippen molar-refractivity contribution in [2.24, 2.45) is 0 Å². The van der Waals surface area contributed by atoms with Crippen molar-refractivity contribution in [3.63, 3.8) is 0 Å². The van der Waals surface area contributed by atoms with Crippen LogP contribution in [0.15, 0.2) is 29.2 Å². The normalized spacial score (nSPS) is 14.1. The Kier molecular flexibility index (Phi) is 3.48. The summed E-state index contributed by atoms with van der Waals surface area (Å²) < 4.78 is 59.1. The van der Waals surface area contributed by atoms with Gasteiger partial charge in [0.2, 0.25) is 0 Å². The van der Waals surface area contributed by atoms with Crippen LogP contribution in [0.3, 0.4) is 0 Å². The van der Waals surface area contributed by atoms with Gasteiger partial charge in [0.05, 0.1) is 16.9 Å². The van der Waals surface area contributed by atoms with Gasteiger partial charge in [-0.1, -0.05) is 12.1 Å². The predicted molar refractivity (Wildman–Crippen MR) is 53.7 cm³/mol. The Balaban J connectivity index is 3.32. The van der Waals surface area contributed by atoms with Gasteiger partial charge in [-0.05, 0) is 24.6 Å². The molecule has 0 aliphatic carbocycles. The summed E-state index contributed by atoms with van der Waals surface area (Å²) >= 11 is 0. The first-order valence-corrected chi connectivity index (χ1v) is 5.99. The van der Waals surface area contributed by atoms with E-state index in [2.05, 4.69) is 0 Å². The molecule has 92 valence electrons. The van der Waals surface area contributed by atoms with Crippen LogP contribution in [0, 0.1) is 11.3 Å². The van der Waals surface area contributed by atoms with Gasteiger partial charge >= 0.3 is 5.51 Å². The minimum Gasteiger partial charge on any atom is -0.214 e. The first-order valence-electron chi connectivity index (χ1n) is 4.51. The maximum Gasteiger partial charge on any atom is 0.501 e. The second kappa shape index (κ2) is 4.37. The Morgan fingerprint density at radius 2 is 1.94 bits per heavy atom. The van der Waals surface area contributed by atoms with Crippen LogP contribution >= 0.6 is 0 Å². The summed E-state index contributed by atoms with van der Waals surface area (Å²) in [7, 11) is -5.35. The quantitative estimate of drug-likeness (QED) is 0.824. The van der Waals surface area contributed by atoms with E-state index in [9.17, 15) is 21.6 Å². The summed E-state index contributed by atoms with van der Waals surface area (Å²) in [6, 6.07) is 6.14.